The standard InChI is InChI=1S/C9H8Cl3/c1-4-7(10)5(2)9(12)6(3)8(4)11/h1H2,2-3H3. The fourth-order valence-corrected chi connectivity index (χ4v) is 1.74. The summed E-state index contributed by atoms with van der Waals surface area (Å²) in [5.41, 5.74) is 2.33. The Morgan fingerprint density at radius 1 is 0.833 bits per heavy atom. The van der Waals surface area contributed by atoms with E-state index in [1.165, 1.54) is 0 Å². The molecule has 1 radical (unpaired) electrons. The molecule has 0 bridgehead atoms. The minimum absolute atomic E-state index is 0.551. The Balaban J connectivity index is 3.60. The number of hydrogen-bond acceptors (Lipinski definition) is 0. The third kappa shape index (κ3) is 1.44. The average molecular weight is 223 g/mol. The van der Waals surface area contributed by atoms with Crippen molar-refractivity contribution >= 4 is 34.8 Å². The molecule has 0 spiro atoms. The van der Waals surface area contributed by atoms with E-state index in [0.29, 0.717) is 20.6 Å². The highest BCUT2D eigenvalue weighted by Crippen LogP contribution is 2.36. The van der Waals surface area contributed by atoms with Crippen LogP contribution in [0.3, 0.4) is 0 Å². The molecule has 0 aromatic heterocycles. The van der Waals surface area contributed by atoms with Crippen LogP contribution in [-0.4, -0.2) is 0 Å². The number of rotatable bonds is 0. The fourth-order valence-electron chi connectivity index (χ4n) is 1.02. The molecule has 0 aliphatic carbocycles. The predicted octanol–water partition coefficient (Wildman–Crippen LogP) is 4.45. The van der Waals surface area contributed by atoms with Gasteiger partial charge in [0.25, 0.3) is 0 Å². The maximum atomic E-state index is 5.96. The second kappa shape index (κ2) is 3.45. The van der Waals surface area contributed by atoms with Crippen LogP contribution in [-0.2, 0) is 0 Å². The van der Waals surface area contributed by atoms with Gasteiger partial charge in [0.15, 0.2) is 0 Å². The first kappa shape index (κ1) is 10.2. The molecule has 0 heterocycles. The van der Waals surface area contributed by atoms with Gasteiger partial charge in [0.2, 0.25) is 0 Å². The molecule has 0 saturated heterocycles. The summed E-state index contributed by atoms with van der Waals surface area (Å²) in [6.07, 6.45) is 0. The van der Waals surface area contributed by atoms with Crippen LogP contribution in [0.2, 0.25) is 15.1 Å². The van der Waals surface area contributed by atoms with Gasteiger partial charge in [-0.3, -0.25) is 0 Å². The molecule has 0 aliphatic rings. The van der Waals surface area contributed by atoms with Crippen LogP contribution in [0.4, 0.5) is 0 Å². The molecule has 0 aliphatic heterocycles. The van der Waals surface area contributed by atoms with Crippen molar-refractivity contribution < 1.29 is 0 Å². The minimum Gasteiger partial charge on any atom is -0.0836 e. The van der Waals surface area contributed by atoms with Gasteiger partial charge in [0.05, 0.1) is 0 Å². The molecule has 0 nitrogen and oxygen atoms in total. The highest BCUT2D eigenvalue weighted by Gasteiger charge is 2.12. The molecule has 0 saturated carbocycles. The zero-order valence-corrected chi connectivity index (χ0v) is 9.11. The Morgan fingerprint density at radius 2 is 1.17 bits per heavy atom. The minimum atomic E-state index is 0.551. The maximum Gasteiger partial charge on any atom is 0.0497 e. The average Bonchev–Trinajstić information content (AvgIpc) is 2.08. The highest BCUT2D eigenvalue weighted by molar-refractivity contribution is 6.41. The summed E-state index contributed by atoms with van der Waals surface area (Å²) >= 11 is 17.8. The predicted molar refractivity (Wildman–Crippen MR) is 55.4 cm³/mol. The third-order valence-corrected chi connectivity index (χ3v) is 3.44. The number of benzene rings is 1. The van der Waals surface area contributed by atoms with Crippen molar-refractivity contribution in [3.05, 3.63) is 38.7 Å². The monoisotopic (exact) mass is 221 g/mol. The van der Waals surface area contributed by atoms with Crippen molar-refractivity contribution in [2.45, 2.75) is 13.8 Å². The second-order valence-electron chi connectivity index (χ2n) is 2.67. The molecule has 1 aromatic carbocycles. The van der Waals surface area contributed by atoms with Gasteiger partial charge in [-0.15, -0.1) is 0 Å². The lowest BCUT2D eigenvalue weighted by Gasteiger charge is -2.10. The first-order chi connectivity index (χ1) is 5.46. The van der Waals surface area contributed by atoms with Crippen LogP contribution >= 0.6 is 34.8 Å². The summed E-state index contributed by atoms with van der Waals surface area (Å²) in [6.45, 7) is 7.46. The van der Waals surface area contributed by atoms with E-state index in [0.717, 1.165) is 11.1 Å². The summed E-state index contributed by atoms with van der Waals surface area (Å²) in [4.78, 5) is 0. The lowest BCUT2D eigenvalue weighted by atomic mass is 10.1. The first-order valence-corrected chi connectivity index (χ1v) is 4.55. The molecular weight excluding hydrogens is 214 g/mol. The number of hydrogen-bond donors (Lipinski definition) is 0. The largest absolute Gasteiger partial charge is 0.0836 e. The highest BCUT2D eigenvalue weighted by atomic mass is 35.5. The van der Waals surface area contributed by atoms with E-state index in [2.05, 4.69) is 6.92 Å². The Bertz CT molecular complexity index is 224. The lowest BCUT2D eigenvalue weighted by molar-refractivity contribution is 1.36. The van der Waals surface area contributed by atoms with Crippen LogP contribution in [0.5, 0.6) is 0 Å². The van der Waals surface area contributed by atoms with E-state index in [1.807, 2.05) is 13.8 Å². The zero-order valence-electron chi connectivity index (χ0n) is 6.84. The second-order valence-corrected chi connectivity index (χ2v) is 3.80. The lowest BCUT2D eigenvalue weighted by Crippen LogP contribution is -1.89. The van der Waals surface area contributed by atoms with Crippen LogP contribution in [0.15, 0.2) is 0 Å². The molecule has 65 valence electrons. The van der Waals surface area contributed by atoms with E-state index < -0.39 is 0 Å². The van der Waals surface area contributed by atoms with Gasteiger partial charge in [0, 0.05) is 15.1 Å². The van der Waals surface area contributed by atoms with Crippen molar-refractivity contribution in [2.75, 3.05) is 0 Å². The normalized spacial score (nSPS) is 10.5. The van der Waals surface area contributed by atoms with Gasteiger partial charge in [-0.05, 0) is 37.5 Å². The molecular formula is C9H8Cl3. The van der Waals surface area contributed by atoms with Crippen molar-refractivity contribution in [1.29, 1.82) is 0 Å². The van der Waals surface area contributed by atoms with E-state index in [4.69, 9.17) is 34.8 Å². The van der Waals surface area contributed by atoms with Crippen LogP contribution in [0.1, 0.15) is 16.7 Å². The van der Waals surface area contributed by atoms with Crippen molar-refractivity contribution in [3.8, 4) is 0 Å². The molecule has 12 heavy (non-hydrogen) atoms. The van der Waals surface area contributed by atoms with Gasteiger partial charge >= 0.3 is 0 Å². The van der Waals surface area contributed by atoms with Gasteiger partial charge in [-0.25, -0.2) is 0 Å². The van der Waals surface area contributed by atoms with Crippen LogP contribution < -0.4 is 0 Å². The summed E-state index contributed by atoms with van der Waals surface area (Å²) < 4.78 is 0. The number of halogens is 3. The molecule has 1 rings (SSSR count). The van der Waals surface area contributed by atoms with Crippen molar-refractivity contribution in [3.63, 3.8) is 0 Å². The third-order valence-electron chi connectivity index (χ3n) is 1.85. The molecule has 0 fully saturated rings. The topological polar surface area (TPSA) is 0 Å². The van der Waals surface area contributed by atoms with Crippen LogP contribution in [0.25, 0.3) is 0 Å². The van der Waals surface area contributed by atoms with Crippen molar-refractivity contribution in [1.82, 2.24) is 0 Å². The first-order valence-electron chi connectivity index (χ1n) is 3.42. The molecule has 0 N–H and O–H groups in total. The summed E-state index contributed by atoms with van der Waals surface area (Å²) in [5.74, 6) is 0. The quantitative estimate of drug-likeness (QED) is 0.608. The Morgan fingerprint density at radius 3 is 1.50 bits per heavy atom. The van der Waals surface area contributed by atoms with Crippen molar-refractivity contribution in [2.24, 2.45) is 0 Å². The Labute approximate surface area is 87.4 Å². The molecule has 0 amide bonds. The van der Waals surface area contributed by atoms with Crippen LogP contribution in [0, 0.1) is 20.8 Å². The molecule has 0 atom stereocenters. The summed E-state index contributed by atoms with van der Waals surface area (Å²) in [6, 6.07) is 0. The summed E-state index contributed by atoms with van der Waals surface area (Å²) in [7, 11) is 0. The molecule has 3 heteroatoms. The van der Waals surface area contributed by atoms with E-state index >= 15 is 0 Å². The SMILES string of the molecule is [CH2]c1c(Cl)c(C)c(Cl)c(C)c1Cl. The smallest absolute Gasteiger partial charge is 0.0497 e. The van der Waals surface area contributed by atoms with E-state index in [-0.39, 0.29) is 0 Å². The Kier molecular flexibility index (Phi) is 2.92. The molecule has 0 unspecified atom stereocenters. The van der Waals surface area contributed by atoms with E-state index in [1.54, 1.807) is 0 Å². The van der Waals surface area contributed by atoms with Gasteiger partial charge in [-0.2, -0.15) is 0 Å². The van der Waals surface area contributed by atoms with Gasteiger partial charge in [-0.1, -0.05) is 34.8 Å². The zero-order chi connectivity index (χ0) is 9.46. The Hall–Kier alpha value is 0.0900. The van der Waals surface area contributed by atoms with Gasteiger partial charge in [0.1, 0.15) is 0 Å². The summed E-state index contributed by atoms with van der Waals surface area (Å²) in [5, 5.41) is 1.73. The maximum absolute atomic E-state index is 5.96. The van der Waals surface area contributed by atoms with E-state index in [9.17, 15) is 0 Å². The fraction of sp³-hybridized carbons (Fsp3) is 0.222. The van der Waals surface area contributed by atoms with Gasteiger partial charge < -0.3 is 0 Å². The molecule has 1 aromatic rings.